The molecule has 0 aromatic carbocycles. The summed E-state index contributed by atoms with van der Waals surface area (Å²) in [6.07, 6.45) is 0. The molecule has 2 atom stereocenters. The average molecular weight is 268 g/mol. The fourth-order valence-electron chi connectivity index (χ4n) is 1.95. The number of hydrogen-bond donors (Lipinski definition) is 1. The van der Waals surface area contributed by atoms with Crippen molar-refractivity contribution in [3.8, 4) is 0 Å². The monoisotopic (exact) mass is 268 g/mol. The van der Waals surface area contributed by atoms with Gasteiger partial charge >= 0.3 is 0 Å². The predicted molar refractivity (Wildman–Crippen MR) is 82.2 cm³/mol. The Hall–Kier alpha value is -0.380. The lowest BCUT2D eigenvalue weighted by atomic mass is 9.86. The van der Waals surface area contributed by atoms with Gasteiger partial charge in [-0.1, -0.05) is 26.8 Å². The van der Waals surface area contributed by atoms with Crippen LogP contribution in [0.1, 0.15) is 39.5 Å². The van der Waals surface area contributed by atoms with E-state index < -0.39 is 0 Å². The Morgan fingerprint density at radius 3 is 2.50 bits per heavy atom. The van der Waals surface area contributed by atoms with Crippen molar-refractivity contribution in [1.82, 2.24) is 10.2 Å². The zero-order valence-corrected chi connectivity index (χ0v) is 13.5. The molecule has 0 aliphatic rings. The first kappa shape index (κ1) is 15.7. The predicted octanol–water partition coefficient (Wildman–Crippen LogP) is 3.59. The Bertz CT molecular complexity index is 327. The first-order chi connectivity index (χ1) is 8.32. The summed E-state index contributed by atoms with van der Waals surface area (Å²) in [5.41, 5.74) is 0.330. The van der Waals surface area contributed by atoms with Crippen molar-refractivity contribution >= 4 is 11.3 Å². The molecule has 0 saturated carbocycles. The number of rotatable bonds is 6. The van der Waals surface area contributed by atoms with E-state index in [0.717, 1.165) is 13.1 Å². The van der Waals surface area contributed by atoms with Crippen molar-refractivity contribution in [3.05, 3.63) is 22.4 Å². The van der Waals surface area contributed by atoms with Crippen LogP contribution in [0.4, 0.5) is 0 Å². The van der Waals surface area contributed by atoms with Gasteiger partial charge in [0.25, 0.3) is 0 Å². The Morgan fingerprint density at radius 1 is 1.33 bits per heavy atom. The van der Waals surface area contributed by atoms with Crippen molar-refractivity contribution in [3.63, 3.8) is 0 Å². The number of likely N-dealkylation sites (N-methyl/N-ethyl adjacent to an activating group) is 1. The van der Waals surface area contributed by atoms with Gasteiger partial charge in [-0.15, -0.1) is 11.3 Å². The average Bonchev–Trinajstić information content (AvgIpc) is 2.78. The zero-order valence-electron chi connectivity index (χ0n) is 12.7. The molecule has 1 rings (SSSR count). The molecule has 0 aliphatic heterocycles. The Kier molecular flexibility index (Phi) is 5.83. The molecule has 0 aliphatic carbocycles. The van der Waals surface area contributed by atoms with Gasteiger partial charge in [-0.25, -0.2) is 0 Å². The van der Waals surface area contributed by atoms with Crippen LogP contribution in [-0.2, 0) is 6.54 Å². The molecule has 0 spiro atoms. The number of nitrogens with zero attached hydrogens (tertiary/aromatic N) is 1. The number of thiophene rings is 1. The van der Waals surface area contributed by atoms with Crippen molar-refractivity contribution in [1.29, 1.82) is 0 Å². The second kappa shape index (κ2) is 6.69. The van der Waals surface area contributed by atoms with Gasteiger partial charge in [0, 0.05) is 30.1 Å². The Balaban J connectivity index is 2.33. The molecule has 0 saturated heterocycles. The van der Waals surface area contributed by atoms with E-state index in [1.54, 1.807) is 0 Å². The topological polar surface area (TPSA) is 15.3 Å². The van der Waals surface area contributed by atoms with E-state index in [9.17, 15) is 0 Å². The summed E-state index contributed by atoms with van der Waals surface area (Å²) >= 11 is 1.82. The molecular weight excluding hydrogens is 240 g/mol. The van der Waals surface area contributed by atoms with E-state index >= 15 is 0 Å². The fraction of sp³-hybridized carbons (Fsp3) is 0.733. The highest BCUT2D eigenvalue weighted by Crippen LogP contribution is 2.24. The maximum absolute atomic E-state index is 3.54. The third kappa shape index (κ3) is 4.71. The maximum Gasteiger partial charge on any atom is 0.0300 e. The van der Waals surface area contributed by atoms with E-state index in [1.807, 2.05) is 11.3 Å². The standard InChI is InChI=1S/C15H28N2S/c1-12(17(6)13(2)15(3,4)5)10-16-11-14-8-7-9-18-14/h7-9,12-13,16H,10-11H2,1-6H3. The minimum Gasteiger partial charge on any atom is -0.310 e. The van der Waals surface area contributed by atoms with Crippen LogP contribution >= 0.6 is 11.3 Å². The van der Waals surface area contributed by atoms with Crippen LogP contribution in [0.5, 0.6) is 0 Å². The van der Waals surface area contributed by atoms with E-state index in [2.05, 4.69) is 69.4 Å². The van der Waals surface area contributed by atoms with Crippen LogP contribution in [0, 0.1) is 5.41 Å². The Morgan fingerprint density at radius 2 is 2.00 bits per heavy atom. The first-order valence-corrected chi connectivity index (χ1v) is 7.65. The highest BCUT2D eigenvalue weighted by atomic mass is 32.1. The molecule has 0 fully saturated rings. The molecule has 1 aromatic rings. The molecule has 1 N–H and O–H groups in total. The Labute approximate surface area is 116 Å². The van der Waals surface area contributed by atoms with Crippen LogP contribution in [-0.4, -0.2) is 30.6 Å². The van der Waals surface area contributed by atoms with Crippen molar-refractivity contribution in [2.24, 2.45) is 5.41 Å². The maximum atomic E-state index is 3.54. The molecule has 0 amide bonds. The van der Waals surface area contributed by atoms with Crippen molar-refractivity contribution in [2.45, 2.75) is 53.2 Å². The van der Waals surface area contributed by atoms with Gasteiger partial charge in [-0.05, 0) is 37.8 Å². The quantitative estimate of drug-likeness (QED) is 0.848. The molecule has 0 bridgehead atoms. The molecule has 3 heteroatoms. The van der Waals surface area contributed by atoms with Gasteiger partial charge in [0.2, 0.25) is 0 Å². The minimum atomic E-state index is 0.330. The van der Waals surface area contributed by atoms with Crippen LogP contribution in [0.2, 0.25) is 0 Å². The summed E-state index contributed by atoms with van der Waals surface area (Å²) in [6.45, 7) is 13.5. The fourth-order valence-corrected chi connectivity index (χ4v) is 2.63. The molecular formula is C15H28N2S. The van der Waals surface area contributed by atoms with E-state index in [1.165, 1.54) is 4.88 Å². The molecule has 104 valence electrons. The first-order valence-electron chi connectivity index (χ1n) is 6.77. The van der Waals surface area contributed by atoms with E-state index in [4.69, 9.17) is 0 Å². The summed E-state index contributed by atoms with van der Waals surface area (Å²) in [7, 11) is 2.23. The zero-order chi connectivity index (χ0) is 13.8. The van der Waals surface area contributed by atoms with Gasteiger partial charge < -0.3 is 5.32 Å². The molecule has 0 radical (unpaired) electrons. The molecule has 18 heavy (non-hydrogen) atoms. The van der Waals surface area contributed by atoms with Crippen molar-refractivity contribution in [2.75, 3.05) is 13.6 Å². The highest BCUT2D eigenvalue weighted by molar-refractivity contribution is 7.09. The number of hydrogen-bond acceptors (Lipinski definition) is 3. The second-order valence-corrected chi connectivity index (χ2v) is 7.30. The molecule has 2 unspecified atom stereocenters. The van der Waals surface area contributed by atoms with Crippen LogP contribution < -0.4 is 5.32 Å². The highest BCUT2D eigenvalue weighted by Gasteiger charge is 2.26. The summed E-state index contributed by atoms with van der Waals surface area (Å²) in [6, 6.07) is 5.43. The summed E-state index contributed by atoms with van der Waals surface area (Å²) in [5.74, 6) is 0. The minimum absolute atomic E-state index is 0.330. The lowest BCUT2D eigenvalue weighted by molar-refractivity contribution is 0.104. The number of nitrogens with one attached hydrogen (secondary N) is 1. The van der Waals surface area contributed by atoms with Gasteiger partial charge in [0.15, 0.2) is 0 Å². The smallest absolute Gasteiger partial charge is 0.0300 e. The lowest BCUT2D eigenvalue weighted by Gasteiger charge is -2.39. The largest absolute Gasteiger partial charge is 0.310 e. The van der Waals surface area contributed by atoms with Crippen molar-refractivity contribution < 1.29 is 0 Å². The van der Waals surface area contributed by atoms with E-state index in [-0.39, 0.29) is 0 Å². The second-order valence-electron chi connectivity index (χ2n) is 6.27. The normalized spacial score (nSPS) is 15.9. The third-order valence-electron chi connectivity index (χ3n) is 3.88. The van der Waals surface area contributed by atoms with Crippen LogP contribution in [0.3, 0.4) is 0 Å². The summed E-state index contributed by atoms with van der Waals surface area (Å²) in [5, 5.41) is 5.68. The molecule has 2 nitrogen and oxygen atoms in total. The van der Waals surface area contributed by atoms with E-state index in [0.29, 0.717) is 17.5 Å². The third-order valence-corrected chi connectivity index (χ3v) is 4.75. The summed E-state index contributed by atoms with van der Waals surface area (Å²) < 4.78 is 0. The van der Waals surface area contributed by atoms with Crippen LogP contribution in [0.25, 0.3) is 0 Å². The summed E-state index contributed by atoms with van der Waals surface area (Å²) in [4.78, 5) is 3.88. The van der Waals surface area contributed by atoms with Gasteiger partial charge in [0.05, 0.1) is 0 Å². The van der Waals surface area contributed by atoms with Crippen LogP contribution in [0.15, 0.2) is 17.5 Å². The SMILES string of the molecule is CC(CNCc1cccs1)N(C)C(C)C(C)(C)C. The lowest BCUT2D eigenvalue weighted by Crippen LogP contribution is -2.47. The molecule has 1 heterocycles. The van der Waals surface area contributed by atoms with Gasteiger partial charge in [-0.2, -0.15) is 0 Å². The van der Waals surface area contributed by atoms with Gasteiger partial charge in [-0.3, -0.25) is 4.90 Å². The van der Waals surface area contributed by atoms with Gasteiger partial charge in [0.1, 0.15) is 0 Å². The molecule has 1 aromatic heterocycles.